The molecule has 0 aliphatic carbocycles. The Kier molecular flexibility index (Phi) is 4.05. The maximum atomic E-state index is 12.5. The molecular weight excluding hydrogens is 318 g/mol. The lowest BCUT2D eigenvalue weighted by Crippen LogP contribution is -2.43. The second-order valence-electron chi connectivity index (χ2n) is 6.78. The molecule has 2 aliphatic heterocycles. The average molecular weight is 339 g/mol. The lowest BCUT2D eigenvalue weighted by atomic mass is 10.00. The fourth-order valence-corrected chi connectivity index (χ4v) is 3.79. The number of nitrogens with zero attached hydrogens (tertiary/aromatic N) is 1. The van der Waals surface area contributed by atoms with Crippen LogP contribution in [0.2, 0.25) is 0 Å². The van der Waals surface area contributed by atoms with E-state index >= 15 is 0 Å². The molecule has 2 saturated heterocycles. The Morgan fingerprint density at radius 1 is 1.16 bits per heavy atom. The molecule has 2 aromatic rings. The number of carbonyl (C=O) groups excluding carboxylic acids is 2. The van der Waals surface area contributed by atoms with Crippen molar-refractivity contribution in [3.05, 3.63) is 42.2 Å². The van der Waals surface area contributed by atoms with Crippen LogP contribution in [-0.4, -0.2) is 42.4 Å². The fourth-order valence-electron chi connectivity index (χ4n) is 3.79. The highest BCUT2D eigenvalue weighted by Crippen LogP contribution is 2.30. The number of benzene rings is 1. The number of para-hydroxylation sites is 1. The van der Waals surface area contributed by atoms with Crippen LogP contribution < -0.4 is 10.6 Å². The van der Waals surface area contributed by atoms with E-state index in [4.69, 9.17) is 4.42 Å². The van der Waals surface area contributed by atoms with Crippen molar-refractivity contribution < 1.29 is 14.0 Å². The van der Waals surface area contributed by atoms with Crippen LogP contribution in [0.15, 0.2) is 40.8 Å². The van der Waals surface area contributed by atoms with Gasteiger partial charge in [-0.25, -0.2) is 0 Å². The van der Waals surface area contributed by atoms with E-state index in [2.05, 4.69) is 15.5 Å². The zero-order chi connectivity index (χ0) is 17.4. The number of amides is 2. The Morgan fingerprint density at radius 3 is 2.72 bits per heavy atom. The van der Waals surface area contributed by atoms with Crippen molar-refractivity contribution in [2.24, 2.45) is 5.92 Å². The molecule has 1 aromatic carbocycles. The first-order chi connectivity index (χ1) is 12.1. The van der Waals surface area contributed by atoms with Gasteiger partial charge in [-0.15, -0.1) is 0 Å². The molecule has 3 atom stereocenters. The van der Waals surface area contributed by atoms with Gasteiger partial charge in [-0.3, -0.25) is 9.59 Å². The highest BCUT2D eigenvalue weighted by Gasteiger charge is 2.38. The first-order valence-electron chi connectivity index (χ1n) is 8.60. The minimum atomic E-state index is -0.179. The SMILES string of the molecule is CC(=O)Nc1ccccc1-c1ccc(C(=O)NC2CN3CC[C@H]2C3)o1. The number of nitrogens with one attached hydrogen (secondary N) is 2. The molecule has 3 heterocycles. The number of furan rings is 1. The topological polar surface area (TPSA) is 74.6 Å². The smallest absolute Gasteiger partial charge is 0.287 e. The summed E-state index contributed by atoms with van der Waals surface area (Å²) < 4.78 is 5.77. The molecule has 6 heteroatoms. The molecule has 1 aromatic heterocycles. The minimum absolute atomic E-state index is 0.150. The second kappa shape index (κ2) is 6.37. The fraction of sp³-hybridized carbons (Fsp3) is 0.368. The normalized spacial score (nSPS) is 24.3. The van der Waals surface area contributed by atoms with E-state index < -0.39 is 0 Å². The van der Waals surface area contributed by atoms with Crippen LogP contribution in [0.4, 0.5) is 5.69 Å². The Labute approximate surface area is 146 Å². The molecule has 0 spiro atoms. The van der Waals surface area contributed by atoms with Crippen LogP contribution in [0.1, 0.15) is 23.9 Å². The van der Waals surface area contributed by atoms with Gasteiger partial charge in [-0.1, -0.05) is 12.1 Å². The Bertz CT molecular complexity index is 814. The second-order valence-corrected chi connectivity index (χ2v) is 6.78. The molecule has 0 saturated carbocycles. The molecule has 0 radical (unpaired) electrons. The molecule has 2 bridgehead atoms. The van der Waals surface area contributed by atoms with Crippen LogP contribution in [-0.2, 0) is 4.79 Å². The van der Waals surface area contributed by atoms with Crippen molar-refractivity contribution >= 4 is 17.5 Å². The zero-order valence-corrected chi connectivity index (χ0v) is 14.1. The summed E-state index contributed by atoms with van der Waals surface area (Å²) in [5, 5.41) is 5.88. The summed E-state index contributed by atoms with van der Waals surface area (Å²) in [6, 6.07) is 11.0. The first kappa shape index (κ1) is 15.9. The van der Waals surface area contributed by atoms with E-state index in [0.29, 0.717) is 23.1 Å². The van der Waals surface area contributed by atoms with Crippen LogP contribution in [0.5, 0.6) is 0 Å². The molecule has 2 unspecified atom stereocenters. The van der Waals surface area contributed by atoms with E-state index in [1.54, 1.807) is 12.1 Å². The Hall–Kier alpha value is -2.60. The van der Waals surface area contributed by atoms with Gasteiger partial charge in [0.05, 0.1) is 5.69 Å². The van der Waals surface area contributed by atoms with Gasteiger partial charge in [0.2, 0.25) is 5.91 Å². The van der Waals surface area contributed by atoms with Crippen molar-refractivity contribution in [3.8, 4) is 11.3 Å². The van der Waals surface area contributed by atoms with Crippen LogP contribution >= 0.6 is 0 Å². The van der Waals surface area contributed by atoms with E-state index in [1.807, 2.05) is 24.3 Å². The van der Waals surface area contributed by atoms with Crippen molar-refractivity contribution in [1.82, 2.24) is 10.2 Å². The summed E-state index contributed by atoms with van der Waals surface area (Å²) in [4.78, 5) is 26.2. The van der Waals surface area contributed by atoms with Crippen molar-refractivity contribution in [1.29, 1.82) is 0 Å². The molecular formula is C19H21N3O3. The maximum absolute atomic E-state index is 12.5. The molecule has 4 rings (SSSR count). The molecule has 130 valence electrons. The highest BCUT2D eigenvalue weighted by atomic mass is 16.4. The van der Waals surface area contributed by atoms with E-state index in [0.717, 1.165) is 31.6 Å². The van der Waals surface area contributed by atoms with Crippen molar-refractivity contribution in [3.63, 3.8) is 0 Å². The van der Waals surface area contributed by atoms with Gasteiger partial charge >= 0.3 is 0 Å². The summed E-state index contributed by atoms with van der Waals surface area (Å²) in [5.74, 6) is 1.08. The number of rotatable bonds is 4. The Balaban J connectivity index is 1.50. The van der Waals surface area contributed by atoms with Gasteiger partial charge in [0.25, 0.3) is 5.91 Å². The number of piperidine rings is 1. The molecule has 2 amide bonds. The predicted molar refractivity (Wildman–Crippen MR) is 94.2 cm³/mol. The third kappa shape index (κ3) is 3.17. The number of anilines is 1. The first-order valence-corrected chi connectivity index (χ1v) is 8.60. The van der Waals surface area contributed by atoms with E-state index in [-0.39, 0.29) is 17.9 Å². The van der Waals surface area contributed by atoms with Crippen LogP contribution in [0, 0.1) is 5.92 Å². The molecule has 2 fully saturated rings. The van der Waals surface area contributed by atoms with Crippen LogP contribution in [0.3, 0.4) is 0 Å². The number of fused-ring (bicyclic) bond motifs is 2. The summed E-state index contributed by atoms with van der Waals surface area (Å²) in [6.07, 6.45) is 1.15. The van der Waals surface area contributed by atoms with Gasteiger partial charge in [0.1, 0.15) is 5.76 Å². The summed E-state index contributed by atoms with van der Waals surface area (Å²) in [5.41, 5.74) is 1.42. The number of carbonyl (C=O) groups is 2. The average Bonchev–Trinajstić information content (AvgIpc) is 3.31. The van der Waals surface area contributed by atoms with Crippen molar-refractivity contribution in [2.75, 3.05) is 25.0 Å². The van der Waals surface area contributed by atoms with Gasteiger partial charge in [-0.2, -0.15) is 0 Å². The highest BCUT2D eigenvalue weighted by molar-refractivity contribution is 5.95. The van der Waals surface area contributed by atoms with Gasteiger partial charge in [-0.05, 0) is 43.1 Å². The molecule has 6 nitrogen and oxygen atoms in total. The number of hydrogen-bond donors (Lipinski definition) is 2. The summed E-state index contributed by atoms with van der Waals surface area (Å²) >= 11 is 0. The molecule has 2 aliphatic rings. The predicted octanol–water partition coefficient (Wildman–Crippen LogP) is 2.34. The van der Waals surface area contributed by atoms with Gasteiger partial charge in [0.15, 0.2) is 5.76 Å². The maximum Gasteiger partial charge on any atom is 0.287 e. The van der Waals surface area contributed by atoms with Gasteiger partial charge in [0, 0.05) is 31.6 Å². The third-order valence-corrected chi connectivity index (χ3v) is 4.98. The monoisotopic (exact) mass is 339 g/mol. The van der Waals surface area contributed by atoms with Crippen molar-refractivity contribution in [2.45, 2.75) is 19.4 Å². The molecule has 25 heavy (non-hydrogen) atoms. The zero-order valence-electron chi connectivity index (χ0n) is 14.1. The largest absolute Gasteiger partial charge is 0.451 e. The minimum Gasteiger partial charge on any atom is -0.451 e. The Morgan fingerprint density at radius 2 is 2.00 bits per heavy atom. The quantitative estimate of drug-likeness (QED) is 0.897. The number of hydrogen-bond acceptors (Lipinski definition) is 4. The summed E-state index contributed by atoms with van der Waals surface area (Å²) in [7, 11) is 0. The lowest BCUT2D eigenvalue weighted by molar-refractivity contribution is -0.114. The van der Waals surface area contributed by atoms with Crippen LogP contribution in [0.25, 0.3) is 11.3 Å². The summed E-state index contributed by atoms with van der Waals surface area (Å²) in [6.45, 7) is 4.61. The third-order valence-electron chi connectivity index (χ3n) is 4.98. The lowest BCUT2D eigenvalue weighted by Gasteiger charge is -2.22. The molecule has 2 N–H and O–H groups in total. The van der Waals surface area contributed by atoms with E-state index in [1.165, 1.54) is 6.92 Å². The van der Waals surface area contributed by atoms with Gasteiger partial charge < -0.3 is 20.0 Å². The standard InChI is InChI=1S/C19H21N3O3/c1-12(23)20-15-5-3-2-4-14(15)17-6-7-18(25-17)19(24)21-16-11-22-9-8-13(16)10-22/h2-7,13,16H,8-11H2,1H3,(H,20,23)(H,21,24)/t13-,16?/m0/s1. The van der Waals surface area contributed by atoms with E-state index in [9.17, 15) is 9.59 Å².